The quantitative estimate of drug-likeness (QED) is 0.925. The van der Waals surface area contributed by atoms with Gasteiger partial charge in [0.15, 0.2) is 11.6 Å². The summed E-state index contributed by atoms with van der Waals surface area (Å²) in [7, 11) is 0. The summed E-state index contributed by atoms with van der Waals surface area (Å²) in [5.41, 5.74) is 0.126. The summed E-state index contributed by atoms with van der Waals surface area (Å²) in [5, 5.41) is 3.41. The van der Waals surface area contributed by atoms with Gasteiger partial charge in [0.2, 0.25) is 5.91 Å². The van der Waals surface area contributed by atoms with E-state index in [1.54, 1.807) is 4.90 Å². The fourth-order valence-corrected chi connectivity index (χ4v) is 2.90. The molecule has 2 atom stereocenters. The minimum Gasteiger partial charge on any atom is -0.342 e. The van der Waals surface area contributed by atoms with Crippen LogP contribution in [-0.4, -0.2) is 36.5 Å². The molecule has 1 amide bonds. The number of nitrogens with one attached hydrogen (secondary N) is 1. The van der Waals surface area contributed by atoms with E-state index in [9.17, 15) is 13.6 Å². The molecule has 0 radical (unpaired) electrons. The first-order valence-electron chi connectivity index (χ1n) is 7.47. The Kier molecular flexibility index (Phi) is 5.28. The van der Waals surface area contributed by atoms with Crippen LogP contribution in [0.15, 0.2) is 18.2 Å². The van der Waals surface area contributed by atoms with E-state index in [0.29, 0.717) is 25.0 Å². The maximum Gasteiger partial charge on any atom is 0.227 e. The molecule has 1 N–H and O–H groups in total. The van der Waals surface area contributed by atoms with Gasteiger partial charge >= 0.3 is 0 Å². The van der Waals surface area contributed by atoms with Crippen LogP contribution < -0.4 is 5.32 Å². The zero-order chi connectivity index (χ0) is 15.4. The SMILES string of the molecule is CCNC1CCN(C(=O)Cc2cccc(F)c2F)CC1C. The van der Waals surface area contributed by atoms with Gasteiger partial charge in [-0.05, 0) is 24.9 Å². The first-order chi connectivity index (χ1) is 10.0. The Morgan fingerprint density at radius 1 is 1.43 bits per heavy atom. The van der Waals surface area contributed by atoms with Gasteiger partial charge in [0.05, 0.1) is 6.42 Å². The Hall–Kier alpha value is -1.49. The van der Waals surface area contributed by atoms with E-state index < -0.39 is 11.6 Å². The number of hydrogen-bond acceptors (Lipinski definition) is 2. The number of nitrogens with zero attached hydrogens (tertiary/aromatic N) is 1. The van der Waals surface area contributed by atoms with Crippen LogP contribution in [-0.2, 0) is 11.2 Å². The summed E-state index contributed by atoms with van der Waals surface area (Å²) in [4.78, 5) is 14.0. The highest BCUT2D eigenvalue weighted by Gasteiger charge is 2.28. The van der Waals surface area contributed by atoms with Crippen molar-refractivity contribution in [2.45, 2.75) is 32.7 Å². The molecule has 2 rings (SSSR count). The predicted molar refractivity (Wildman–Crippen MR) is 77.9 cm³/mol. The van der Waals surface area contributed by atoms with Crippen LogP contribution in [0.4, 0.5) is 8.78 Å². The Labute approximate surface area is 124 Å². The van der Waals surface area contributed by atoms with Gasteiger partial charge in [0, 0.05) is 24.7 Å². The molecule has 2 unspecified atom stereocenters. The number of carbonyl (C=O) groups is 1. The topological polar surface area (TPSA) is 32.3 Å². The van der Waals surface area contributed by atoms with E-state index in [-0.39, 0.29) is 17.9 Å². The minimum absolute atomic E-state index is 0.0812. The molecule has 116 valence electrons. The van der Waals surface area contributed by atoms with Gasteiger partial charge in [-0.3, -0.25) is 4.79 Å². The lowest BCUT2D eigenvalue weighted by molar-refractivity contribution is -0.132. The highest BCUT2D eigenvalue weighted by atomic mass is 19.2. The van der Waals surface area contributed by atoms with Gasteiger partial charge in [-0.25, -0.2) is 8.78 Å². The summed E-state index contributed by atoms with van der Waals surface area (Å²) in [6.45, 7) is 6.41. The van der Waals surface area contributed by atoms with Crippen molar-refractivity contribution in [1.82, 2.24) is 10.2 Å². The molecule has 1 aliphatic rings. The third-order valence-corrected chi connectivity index (χ3v) is 4.10. The van der Waals surface area contributed by atoms with Crippen molar-refractivity contribution >= 4 is 5.91 Å². The first-order valence-corrected chi connectivity index (χ1v) is 7.47. The molecule has 1 aromatic carbocycles. The summed E-state index contributed by atoms with van der Waals surface area (Å²) in [5.74, 6) is -1.60. The van der Waals surface area contributed by atoms with Gasteiger partial charge in [-0.15, -0.1) is 0 Å². The van der Waals surface area contributed by atoms with Gasteiger partial charge < -0.3 is 10.2 Å². The van der Waals surface area contributed by atoms with Crippen LogP contribution in [0.2, 0.25) is 0 Å². The van der Waals surface area contributed by atoms with Gasteiger partial charge in [-0.1, -0.05) is 26.0 Å². The van der Waals surface area contributed by atoms with Crippen molar-refractivity contribution in [1.29, 1.82) is 0 Å². The van der Waals surface area contributed by atoms with Gasteiger partial charge in [0.1, 0.15) is 0 Å². The molecular weight excluding hydrogens is 274 g/mol. The van der Waals surface area contributed by atoms with Crippen molar-refractivity contribution in [3.63, 3.8) is 0 Å². The van der Waals surface area contributed by atoms with Crippen LogP contribution >= 0.6 is 0 Å². The summed E-state index contributed by atoms with van der Waals surface area (Å²) < 4.78 is 26.8. The lowest BCUT2D eigenvalue weighted by atomic mass is 9.93. The fraction of sp³-hybridized carbons (Fsp3) is 0.562. The zero-order valence-corrected chi connectivity index (χ0v) is 12.5. The molecule has 0 bridgehead atoms. The molecule has 1 heterocycles. The van der Waals surface area contributed by atoms with Crippen molar-refractivity contribution in [3.05, 3.63) is 35.4 Å². The van der Waals surface area contributed by atoms with Crippen LogP contribution in [0.3, 0.4) is 0 Å². The minimum atomic E-state index is -0.915. The number of amides is 1. The summed E-state index contributed by atoms with van der Waals surface area (Å²) >= 11 is 0. The monoisotopic (exact) mass is 296 g/mol. The highest BCUT2D eigenvalue weighted by molar-refractivity contribution is 5.79. The van der Waals surface area contributed by atoms with E-state index >= 15 is 0 Å². The average Bonchev–Trinajstić information content (AvgIpc) is 2.46. The predicted octanol–water partition coefficient (Wildman–Crippen LogP) is 2.35. The zero-order valence-electron chi connectivity index (χ0n) is 12.5. The molecule has 0 saturated carbocycles. The largest absolute Gasteiger partial charge is 0.342 e. The van der Waals surface area contributed by atoms with Crippen molar-refractivity contribution < 1.29 is 13.6 Å². The van der Waals surface area contributed by atoms with Gasteiger partial charge in [-0.2, -0.15) is 0 Å². The van der Waals surface area contributed by atoms with Gasteiger partial charge in [0.25, 0.3) is 0 Å². The van der Waals surface area contributed by atoms with E-state index in [0.717, 1.165) is 19.0 Å². The number of piperidine rings is 1. The van der Waals surface area contributed by atoms with Crippen molar-refractivity contribution in [2.75, 3.05) is 19.6 Å². The molecule has 1 aliphatic heterocycles. The molecule has 21 heavy (non-hydrogen) atoms. The average molecular weight is 296 g/mol. The second kappa shape index (κ2) is 6.98. The second-order valence-electron chi connectivity index (χ2n) is 5.66. The van der Waals surface area contributed by atoms with Crippen molar-refractivity contribution in [2.24, 2.45) is 5.92 Å². The standard InChI is InChI=1S/C16H22F2N2O/c1-3-19-14-7-8-20(10-11(14)2)15(21)9-12-5-4-6-13(17)16(12)18/h4-6,11,14,19H,3,7-10H2,1-2H3. The highest BCUT2D eigenvalue weighted by Crippen LogP contribution is 2.19. The molecule has 5 heteroatoms. The van der Waals surface area contributed by atoms with E-state index in [4.69, 9.17) is 0 Å². The molecule has 0 aromatic heterocycles. The lowest BCUT2D eigenvalue weighted by Gasteiger charge is -2.37. The number of carbonyl (C=O) groups excluding carboxylic acids is 1. The third-order valence-electron chi connectivity index (χ3n) is 4.10. The molecule has 1 fully saturated rings. The number of benzene rings is 1. The molecule has 1 saturated heterocycles. The Balaban J connectivity index is 1.97. The van der Waals surface area contributed by atoms with Crippen LogP contribution in [0.5, 0.6) is 0 Å². The van der Waals surface area contributed by atoms with E-state index in [1.807, 2.05) is 0 Å². The van der Waals surface area contributed by atoms with E-state index in [1.165, 1.54) is 12.1 Å². The molecular formula is C16H22F2N2O. The third kappa shape index (κ3) is 3.79. The normalized spacial score (nSPS) is 22.4. The van der Waals surface area contributed by atoms with Crippen LogP contribution in [0.1, 0.15) is 25.8 Å². The number of likely N-dealkylation sites (tertiary alicyclic amines) is 1. The molecule has 3 nitrogen and oxygen atoms in total. The van der Waals surface area contributed by atoms with Crippen LogP contribution in [0.25, 0.3) is 0 Å². The Bertz CT molecular complexity index is 507. The second-order valence-corrected chi connectivity index (χ2v) is 5.66. The number of halogens is 2. The maximum atomic E-state index is 13.6. The number of hydrogen-bond donors (Lipinski definition) is 1. The summed E-state index contributed by atoms with van der Waals surface area (Å²) in [6.07, 6.45) is 0.814. The first kappa shape index (κ1) is 15.9. The Morgan fingerprint density at radius 3 is 2.86 bits per heavy atom. The molecule has 1 aromatic rings. The molecule has 0 spiro atoms. The van der Waals surface area contributed by atoms with Crippen molar-refractivity contribution in [3.8, 4) is 0 Å². The lowest BCUT2D eigenvalue weighted by Crippen LogP contribution is -2.50. The van der Waals surface area contributed by atoms with E-state index in [2.05, 4.69) is 19.2 Å². The number of rotatable bonds is 4. The summed E-state index contributed by atoms with van der Waals surface area (Å²) in [6, 6.07) is 4.38. The van der Waals surface area contributed by atoms with Crippen LogP contribution in [0, 0.1) is 17.6 Å². The fourth-order valence-electron chi connectivity index (χ4n) is 2.90. The smallest absolute Gasteiger partial charge is 0.227 e. The molecule has 0 aliphatic carbocycles. The maximum absolute atomic E-state index is 13.6. The Morgan fingerprint density at radius 2 is 2.19 bits per heavy atom.